The van der Waals surface area contributed by atoms with E-state index < -0.39 is 33.7 Å². The third kappa shape index (κ3) is 8.02. The van der Waals surface area contributed by atoms with Crippen LogP contribution in [0.25, 0.3) is 0 Å². The van der Waals surface area contributed by atoms with E-state index in [0.29, 0.717) is 6.42 Å². The van der Waals surface area contributed by atoms with Crippen molar-refractivity contribution in [2.45, 2.75) is 50.2 Å². The van der Waals surface area contributed by atoms with Crippen LogP contribution in [0.1, 0.15) is 32.3 Å². The van der Waals surface area contributed by atoms with Crippen LogP contribution in [0.15, 0.2) is 59.5 Å². The van der Waals surface area contributed by atoms with Gasteiger partial charge in [-0.05, 0) is 48.1 Å². The zero-order valence-corrected chi connectivity index (χ0v) is 20.1. The van der Waals surface area contributed by atoms with Gasteiger partial charge >= 0.3 is 6.09 Å². The predicted molar refractivity (Wildman–Crippen MR) is 127 cm³/mol. The lowest BCUT2D eigenvalue weighted by Gasteiger charge is -2.34. The van der Waals surface area contributed by atoms with Crippen LogP contribution >= 0.6 is 0 Å². The molecule has 0 radical (unpaired) electrons. The number of hydrogen-bond acceptors (Lipinski definition) is 6. The number of aliphatic hydroxyl groups is 1. The summed E-state index contributed by atoms with van der Waals surface area (Å²) in [7, 11) is -4.10. The molecule has 0 aromatic heterocycles. The molecular weight excluding hydrogens is 458 g/mol. The van der Waals surface area contributed by atoms with Crippen molar-refractivity contribution < 1.29 is 28.5 Å². The first kappa shape index (κ1) is 27.1. The maximum absolute atomic E-state index is 13.5. The molecule has 4 N–H and O–H groups in total. The van der Waals surface area contributed by atoms with E-state index in [9.17, 15) is 28.5 Å². The molecule has 2 aromatic carbocycles. The van der Waals surface area contributed by atoms with E-state index >= 15 is 0 Å². The zero-order valence-electron chi connectivity index (χ0n) is 19.3. The van der Waals surface area contributed by atoms with Gasteiger partial charge in [0.05, 0.1) is 23.1 Å². The summed E-state index contributed by atoms with van der Waals surface area (Å²) in [5.74, 6) is -0.0894. The molecule has 0 aliphatic rings. The minimum atomic E-state index is -4.10. The highest BCUT2D eigenvalue weighted by atomic mass is 32.2. The van der Waals surface area contributed by atoms with Crippen molar-refractivity contribution in [1.29, 1.82) is 5.26 Å². The summed E-state index contributed by atoms with van der Waals surface area (Å²) in [5, 5.41) is 41.1. The lowest BCUT2D eigenvalue weighted by molar-refractivity contribution is 0.0908. The van der Waals surface area contributed by atoms with E-state index in [1.54, 1.807) is 24.3 Å². The van der Waals surface area contributed by atoms with Gasteiger partial charge in [0, 0.05) is 19.5 Å². The number of carboxylic acid groups (broad SMARTS) is 1. The number of aliphatic hydroxyl groups excluding tert-OH is 1. The first-order valence-corrected chi connectivity index (χ1v) is 12.3. The Labute approximate surface area is 200 Å². The lowest BCUT2D eigenvalue weighted by Crippen LogP contribution is -2.51. The SMILES string of the molecule is CC(C)(CCC#N)CN(C[C@H](O)[C@H](Cc1ccccc1)NC(=O)O)S(=O)(=O)c1ccc(O)cc1. The number of sulfonamides is 1. The van der Waals surface area contributed by atoms with Gasteiger partial charge < -0.3 is 20.6 Å². The van der Waals surface area contributed by atoms with Crippen molar-refractivity contribution in [1.82, 2.24) is 9.62 Å². The summed E-state index contributed by atoms with van der Waals surface area (Å²) in [6.45, 7) is 3.29. The van der Waals surface area contributed by atoms with Crippen LogP contribution in [0.4, 0.5) is 4.79 Å². The van der Waals surface area contributed by atoms with E-state index in [-0.39, 0.29) is 36.6 Å². The van der Waals surface area contributed by atoms with E-state index in [1.165, 1.54) is 24.3 Å². The maximum Gasteiger partial charge on any atom is 0.404 e. The molecule has 0 aliphatic carbocycles. The molecular formula is C24H31N3O6S. The highest BCUT2D eigenvalue weighted by Gasteiger charge is 2.34. The van der Waals surface area contributed by atoms with E-state index in [4.69, 9.17) is 5.26 Å². The fourth-order valence-corrected chi connectivity index (χ4v) is 5.26. The summed E-state index contributed by atoms with van der Waals surface area (Å²) in [5.41, 5.74) is 0.191. The van der Waals surface area contributed by atoms with Crippen LogP contribution < -0.4 is 5.32 Å². The molecule has 1 amide bonds. The Morgan fingerprint density at radius 1 is 1.15 bits per heavy atom. The second-order valence-corrected chi connectivity index (χ2v) is 10.9. The highest BCUT2D eigenvalue weighted by molar-refractivity contribution is 7.89. The van der Waals surface area contributed by atoms with Crippen molar-refractivity contribution in [2.24, 2.45) is 5.41 Å². The monoisotopic (exact) mass is 489 g/mol. The summed E-state index contributed by atoms with van der Waals surface area (Å²) < 4.78 is 28.0. The van der Waals surface area contributed by atoms with Crippen LogP contribution in [-0.2, 0) is 16.4 Å². The Morgan fingerprint density at radius 2 is 1.76 bits per heavy atom. The topological polar surface area (TPSA) is 151 Å². The standard InChI is InChI=1S/C24H31N3O6S/c1-24(2,13-6-14-25)17-27(34(32,33)20-11-9-19(28)10-12-20)16-22(29)21(26-23(30)31)15-18-7-4-3-5-8-18/h3-5,7-12,21-22,26,28-29H,6,13,15-17H2,1-2H3,(H,30,31)/t21-,22-/m0/s1. The van der Waals surface area contributed by atoms with Gasteiger partial charge in [-0.1, -0.05) is 44.2 Å². The Hall–Kier alpha value is -3.13. The van der Waals surface area contributed by atoms with Gasteiger partial charge in [-0.2, -0.15) is 9.57 Å². The minimum absolute atomic E-state index is 0.0000776. The van der Waals surface area contributed by atoms with Gasteiger partial charge in [-0.3, -0.25) is 0 Å². The quantitative estimate of drug-likeness (QED) is 0.358. The average Bonchev–Trinajstić information content (AvgIpc) is 2.77. The number of rotatable bonds is 12. The number of hydrogen-bond donors (Lipinski definition) is 4. The van der Waals surface area contributed by atoms with E-state index in [1.807, 2.05) is 19.9 Å². The molecule has 2 rings (SSSR count). The molecule has 0 spiro atoms. The van der Waals surface area contributed by atoms with Crippen LogP contribution in [0.3, 0.4) is 0 Å². The highest BCUT2D eigenvalue weighted by Crippen LogP contribution is 2.28. The molecule has 0 saturated carbocycles. The third-order valence-electron chi connectivity index (χ3n) is 5.45. The first-order valence-electron chi connectivity index (χ1n) is 10.8. The number of nitrogens with zero attached hydrogens (tertiary/aromatic N) is 2. The van der Waals surface area contributed by atoms with Crippen molar-refractivity contribution >= 4 is 16.1 Å². The normalized spacial score (nSPS) is 13.7. The van der Waals surface area contributed by atoms with Crippen LogP contribution in [-0.4, -0.2) is 59.4 Å². The first-order chi connectivity index (χ1) is 15.9. The fraction of sp³-hybridized carbons (Fsp3) is 0.417. The minimum Gasteiger partial charge on any atom is -0.508 e. The molecule has 0 aliphatic heterocycles. The Morgan fingerprint density at radius 3 is 2.32 bits per heavy atom. The summed E-state index contributed by atoms with van der Waals surface area (Å²) >= 11 is 0. The zero-order chi connectivity index (χ0) is 25.4. The molecule has 10 heteroatoms. The van der Waals surface area contributed by atoms with Gasteiger partial charge in [0.1, 0.15) is 5.75 Å². The molecule has 0 unspecified atom stereocenters. The maximum atomic E-state index is 13.5. The van der Waals surface area contributed by atoms with Crippen LogP contribution in [0, 0.1) is 16.7 Å². The Kier molecular flexibility index (Phi) is 9.44. The second-order valence-electron chi connectivity index (χ2n) is 8.93. The molecule has 184 valence electrons. The molecule has 9 nitrogen and oxygen atoms in total. The van der Waals surface area contributed by atoms with Gasteiger partial charge in [-0.25, -0.2) is 13.2 Å². The average molecular weight is 490 g/mol. The number of phenols is 1. The van der Waals surface area contributed by atoms with Crippen molar-refractivity contribution in [3.8, 4) is 11.8 Å². The number of phenolic OH excluding ortho intramolecular Hbond substituents is 1. The van der Waals surface area contributed by atoms with Crippen molar-refractivity contribution in [3.63, 3.8) is 0 Å². The van der Waals surface area contributed by atoms with Crippen LogP contribution in [0.5, 0.6) is 5.75 Å². The number of amides is 1. The number of benzene rings is 2. The van der Waals surface area contributed by atoms with Gasteiger partial charge in [0.2, 0.25) is 10.0 Å². The Bertz CT molecular complexity index is 1080. The Balaban J connectivity index is 2.36. The number of nitrogens with one attached hydrogen (secondary N) is 1. The van der Waals surface area contributed by atoms with Gasteiger partial charge in [-0.15, -0.1) is 0 Å². The molecule has 0 fully saturated rings. The van der Waals surface area contributed by atoms with E-state index in [0.717, 1.165) is 9.87 Å². The summed E-state index contributed by atoms with van der Waals surface area (Å²) in [4.78, 5) is 11.3. The second kappa shape index (κ2) is 11.8. The smallest absolute Gasteiger partial charge is 0.404 e. The number of nitriles is 1. The predicted octanol–water partition coefficient (Wildman–Crippen LogP) is 2.95. The number of carbonyl (C=O) groups is 1. The number of aromatic hydroxyl groups is 1. The van der Waals surface area contributed by atoms with Crippen molar-refractivity contribution in [2.75, 3.05) is 13.1 Å². The molecule has 0 saturated heterocycles. The molecule has 2 atom stereocenters. The van der Waals surface area contributed by atoms with Gasteiger partial charge in [0.25, 0.3) is 0 Å². The lowest BCUT2D eigenvalue weighted by atomic mass is 9.88. The molecule has 2 aromatic rings. The van der Waals surface area contributed by atoms with Crippen molar-refractivity contribution in [3.05, 3.63) is 60.2 Å². The molecule has 0 bridgehead atoms. The molecule has 0 heterocycles. The third-order valence-corrected chi connectivity index (χ3v) is 7.28. The van der Waals surface area contributed by atoms with Crippen LogP contribution in [0.2, 0.25) is 0 Å². The summed E-state index contributed by atoms with van der Waals surface area (Å²) in [6, 6.07) is 15.1. The summed E-state index contributed by atoms with van der Waals surface area (Å²) in [6.07, 6.45) is -1.85. The van der Waals surface area contributed by atoms with E-state index in [2.05, 4.69) is 11.4 Å². The molecule has 34 heavy (non-hydrogen) atoms. The largest absolute Gasteiger partial charge is 0.508 e. The fourth-order valence-electron chi connectivity index (χ4n) is 3.61. The van der Waals surface area contributed by atoms with Gasteiger partial charge in [0.15, 0.2) is 0 Å².